The fourth-order valence-electron chi connectivity index (χ4n) is 9.21. The molecule has 2 atom stereocenters. The Bertz CT molecular complexity index is 2370. The Hall–Kier alpha value is -4.03. The number of nitrogens with zero attached hydrogens (tertiary/aromatic N) is 3. The number of rotatable bonds is 12. The maximum absolute atomic E-state index is 15.5. The van der Waals surface area contributed by atoms with Crippen molar-refractivity contribution in [3.8, 4) is 0 Å². The molecule has 7 rings (SSSR count). The molecule has 0 spiro atoms. The number of hydrogen-bond acceptors (Lipinski definition) is 6. The van der Waals surface area contributed by atoms with E-state index in [0.717, 1.165) is 35.1 Å². The SMILES string of the molecule is CC(C)(C)OC(=O)N1CC2CC(c3ccc(CCO[Si](c4ccccc4)(c4ccccc4)C(C)(C)C)cc3)=C(C(=O)N(Cc3ccccc3Cl)C3CC3)C(C1)N2C(=O)OC(C)(C)C(Cl)(Cl)Cl. The maximum Gasteiger partial charge on any atom is 0.411 e. The summed E-state index contributed by atoms with van der Waals surface area (Å²) in [5.74, 6) is -0.247. The van der Waals surface area contributed by atoms with Crippen LogP contribution in [0, 0.1) is 0 Å². The zero-order chi connectivity index (χ0) is 47.8. The van der Waals surface area contributed by atoms with Gasteiger partial charge in [0.25, 0.3) is 14.2 Å². The minimum atomic E-state index is -2.75. The van der Waals surface area contributed by atoms with Gasteiger partial charge in [-0.25, -0.2) is 9.59 Å². The van der Waals surface area contributed by atoms with Gasteiger partial charge in [-0.1, -0.05) is 170 Å². The van der Waals surface area contributed by atoms with Crippen molar-refractivity contribution in [1.82, 2.24) is 14.7 Å². The molecule has 4 aromatic rings. The van der Waals surface area contributed by atoms with Gasteiger partial charge in [0.2, 0.25) is 3.79 Å². The molecule has 14 heteroatoms. The molecule has 2 aliphatic heterocycles. The van der Waals surface area contributed by atoms with E-state index in [2.05, 4.69) is 93.6 Å². The van der Waals surface area contributed by atoms with E-state index >= 15 is 4.79 Å². The number of piperazine rings is 1. The van der Waals surface area contributed by atoms with Crippen molar-refractivity contribution in [2.75, 3.05) is 19.7 Å². The lowest BCUT2D eigenvalue weighted by Gasteiger charge is -2.51. The van der Waals surface area contributed by atoms with Crippen LogP contribution in [0.5, 0.6) is 0 Å². The quantitative estimate of drug-likeness (QED) is 0.104. The van der Waals surface area contributed by atoms with Crippen LogP contribution in [0.25, 0.3) is 5.57 Å². The van der Waals surface area contributed by atoms with Crippen LogP contribution in [0.15, 0.2) is 115 Å². The molecule has 1 aliphatic carbocycles. The van der Waals surface area contributed by atoms with Gasteiger partial charge in [0, 0.05) is 42.9 Å². The van der Waals surface area contributed by atoms with Crippen LogP contribution >= 0.6 is 46.4 Å². The molecule has 1 saturated carbocycles. The number of ether oxygens (including phenoxy) is 2. The Balaban J connectivity index is 1.27. The number of alkyl halides is 3. The fourth-order valence-corrected chi connectivity index (χ4v) is 14.1. The number of carbonyl (C=O) groups is 3. The van der Waals surface area contributed by atoms with Gasteiger partial charge in [0.05, 0.1) is 12.1 Å². The highest BCUT2D eigenvalue weighted by atomic mass is 35.6. The highest BCUT2D eigenvalue weighted by Crippen LogP contribution is 2.45. The summed E-state index contributed by atoms with van der Waals surface area (Å²) in [7, 11) is -2.75. The van der Waals surface area contributed by atoms with E-state index in [0.29, 0.717) is 23.6 Å². The molecule has 2 unspecified atom stereocenters. The minimum Gasteiger partial charge on any atom is -0.444 e. The second kappa shape index (κ2) is 19.5. The molecular formula is C52H61Cl4N3O6Si. The van der Waals surface area contributed by atoms with Crippen molar-refractivity contribution < 1.29 is 28.3 Å². The summed E-state index contributed by atoms with van der Waals surface area (Å²) in [5.41, 5.74) is 1.60. The van der Waals surface area contributed by atoms with Gasteiger partial charge >= 0.3 is 12.2 Å². The summed E-state index contributed by atoms with van der Waals surface area (Å²) in [6.07, 6.45) is 1.25. The van der Waals surface area contributed by atoms with E-state index in [-0.39, 0.29) is 43.0 Å². The van der Waals surface area contributed by atoms with Gasteiger partial charge in [-0.2, -0.15) is 0 Å². The van der Waals surface area contributed by atoms with E-state index in [1.165, 1.54) is 24.2 Å². The van der Waals surface area contributed by atoms with E-state index in [4.69, 9.17) is 60.3 Å². The Morgan fingerprint density at radius 3 is 1.83 bits per heavy atom. The lowest BCUT2D eigenvalue weighted by atomic mass is 9.81. The van der Waals surface area contributed by atoms with E-state index in [1.807, 2.05) is 41.3 Å². The van der Waals surface area contributed by atoms with Gasteiger partial charge in [-0.15, -0.1) is 0 Å². The van der Waals surface area contributed by atoms with Crippen molar-refractivity contribution in [3.05, 3.63) is 136 Å². The third kappa shape index (κ3) is 10.8. The van der Waals surface area contributed by atoms with Crippen LogP contribution in [0.3, 0.4) is 0 Å². The predicted molar refractivity (Wildman–Crippen MR) is 268 cm³/mol. The first-order valence-electron chi connectivity index (χ1n) is 22.7. The number of halogens is 4. The Morgan fingerprint density at radius 1 is 0.727 bits per heavy atom. The zero-order valence-corrected chi connectivity index (χ0v) is 43.1. The average molecular weight is 994 g/mol. The molecule has 2 heterocycles. The number of hydrogen-bond donors (Lipinski definition) is 0. The number of benzene rings is 4. The number of amides is 3. The molecule has 0 aromatic heterocycles. The Kier molecular flexibility index (Phi) is 14.7. The topological polar surface area (TPSA) is 88.6 Å². The zero-order valence-electron chi connectivity index (χ0n) is 39.1. The van der Waals surface area contributed by atoms with Crippen molar-refractivity contribution in [3.63, 3.8) is 0 Å². The molecule has 2 bridgehead atoms. The summed E-state index contributed by atoms with van der Waals surface area (Å²) < 4.78 is 17.1. The monoisotopic (exact) mass is 991 g/mol. The molecule has 66 heavy (non-hydrogen) atoms. The van der Waals surface area contributed by atoms with Crippen molar-refractivity contribution in [1.29, 1.82) is 0 Å². The van der Waals surface area contributed by atoms with Crippen LogP contribution < -0.4 is 10.4 Å². The first kappa shape index (κ1) is 49.9. The molecule has 9 nitrogen and oxygen atoms in total. The molecule has 3 amide bonds. The van der Waals surface area contributed by atoms with Crippen molar-refractivity contribution in [2.45, 2.75) is 126 Å². The summed E-state index contributed by atoms with van der Waals surface area (Å²) in [6.45, 7) is 16.2. The smallest absolute Gasteiger partial charge is 0.411 e. The second-order valence-corrected chi connectivity index (χ2v) is 27.1. The number of fused-ring (bicyclic) bond motifs is 2. The molecule has 2 fully saturated rings. The maximum atomic E-state index is 15.5. The lowest BCUT2D eigenvalue weighted by molar-refractivity contribution is -0.129. The highest BCUT2D eigenvalue weighted by Gasteiger charge is 2.53. The normalized spacial score (nSPS) is 18.2. The first-order chi connectivity index (χ1) is 31.0. The molecule has 4 aromatic carbocycles. The largest absolute Gasteiger partial charge is 0.444 e. The minimum absolute atomic E-state index is 0.0262. The van der Waals surface area contributed by atoms with Crippen LogP contribution in [0.1, 0.15) is 91.3 Å². The summed E-state index contributed by atoms with van der Waals surface area (Å²) >= 11 is 25.7. The van der Waals surface area contributed by atoms with Crippen LogP contribution in [0.4, 0.5) is 9.59 Å². The van der Waals surface area contributed by atoms with Crippen molar-refractivity contribution >= 4 is 88.8 Å². The Labute approximate surface area is 411 Å². The fraction of sp³-hybridized carbons (Fsp3) is 0.442. The molecule has 352 valence electrons. The third-order valence-corrected chi connectivity index (χ3v) is 19.5. The third-order valence-electron chi connectivity index (χ3n) is 12.7. The van der Waals surface area contributed by atoms with Gasteiger partial charge in [-0.05, 0) is 104 Å². The molecular weight excluding hydrogens is 932 g/mol. The van der Waals surface area contributed by atoms with E-state index in [1.54, 1.807) is 30.6 Å². The summed E-state index contributed by atoms with van der Waals surface area (Å²) in [6, 6.07) is 35.4. The summed E-state index contributed by atoms with van der Waals surface area (Å²) in [4.78, 5) is 48.9. The number of carbonyl (C=O) groups excluding carboxylic acids is 3. The molecule has 0 N–H and O–H groups in total. The van der Waals surface area contributed by atoms with Gasteiger partial charge in [0.1, 0.15) is 5.60 Å². The molecule has 0 radical (unpaired) electrons. The van der Waals surface area contributed by atoms with Crippen LogP contribution in [-0.4, -0.2) is 93.9 Å². The van der Waals surface area contributed by atoms with Gasteiger partial charge in [0.15, 0.2) is 5.60 Å². The van der Waals surface area contributed by atoms with Gasteiger partial charge in [-0.3, -0.25) is 9.69 Å². The van der Waals surface area contributed by atoms with E-state index in [9.17, 15) is 9.59 Å². The lowest BCUT2D eigenvalue weighted by Crippen LogP contribution is -2.66. The standard InChI is InChI=1S/C52H61Cl4N3O6Si/c1-49(2,3)64-47(61)57-33-39-31-42(36-25-23-35(24-26-36)29-30-63-66(50(4,5)6,40-18-11-9-12-19-40)41-20-13-10-14-21-41)45(44(34-57)59(39)48(62)65-51(7,8)52(54,55)56)46(60)58(38-27-28-38)32-37-17-15-16-22-43(37)53/h9-26,38-39,44H,27-34H2,1-8H3. The van der Waals surface area contributed by atoms with Crippen molar-refractivity contribution in [2.24, 2.45) is 0 Å². The predicted octanol–water partition coefficient (Wildman–Crippen LogP) is 11.4. The molecule has 3 aliphatic rings. The Morgan fingerprint density at radius 2 is 1.30 bits per heavy atom. The van der Waals surface area contributed by atoms with Crippen LogP contribution in [-0.2, 0) is 31.7 Å². The summed E-state index contributed by atoms with van der Waals surface area (Å²) in [5, 5.41) is 2.83. The average Bonchev–Trinajstić information content (AvgIpc) is 4.09. The first-order valence-corrected chi connectivity index (χ1v) is 26.1. The highest BCUT2D eigenvalue weighted by molar-refractivity contribution is 6.99. The van der Waals surface area contributed by atoms with E-state index < -0.39 is 47.6 Å². The van der Waals surface area contributed by atoms with Gasteiger partial charge < -0.3 is 23.7 Å². The molecule has 1 saturated heterocycles. The van der Waals surface area contributed by atoms with Crippen LogP contribution in [0.2, 0.25) is 10.1 Å². The second-order valence-electron chi connectivity index (χ2n) is 20.1.